The average molecular weight is 170 g/mol. The third-order valence-corrected chi connectivity index (χ3v) is 1.78. The first-order valence-electron chi connectivity index (χ1n) is 4.11. The molecule has 4 N–H and O–H groups in total. The number of hydrazone groups is 1. The number of nitrogens with zero attached hydrogens (tertiary/aromatic N) is 1. The van der Waals surface area contributed by atoms with Gasteiger partial charge >= 0.3 is 6.03 Å². The molecule has 5 nitrogen and oxygen atoms in total. The molecule has 0 aliphatic carbocycles. The van der Waals surface area contributed by atoms with E-state index < -0.39 is 6.03 Å². The molecule has 1 heterocycles. The van der Waals surface area contributed by atoms with Crippen LogP contribution < -0.4 is 16.5 Å². The van der Waals surface area contributed by atoms with E-state index in [4.69, 9.17) is 5.73 Å². The zero-order valence-electron chi connectivity index (χ0n) is 6.92. The number of rotatable bonds is 2. The fraction of sp³-hybridized carbons (Fsp3) is 0.714. The van der Waals surface area contributed by atoms with Crippen molar-refractivity contribution in [2.75, 3.05) is 6.54 Å². The Morgan fingerprint density at radius 1 is 1.67 bits per heavy atom. The number of piperidine rings is 1. The number of nitrogens with one attached hydrogen (secondary N) is 2. The second-order valence-corrected chi connectivity index (χ2v) is 2.81. The van der Waals surface area contributed by atoms with Gasteiger partial charge in [0.1, 0.15) is 0 Å². The molecule has 0 aromatic rings. The van der Waals surface area contributed by atoms with Crippen molar-refractivity contribution in [1.82, 2.24) is 10.7 Å². The first-order valence-corrected chi connectivity index (χ1v) is 4.11. The summed E-state index contributed by atoms with van der Waals surface area (Å²) >= 11 is 0. The number of hydrogen-bond donors (Lipinski definition) is 3. The predicted molar refractivity (Wildman–Crippen MR) is 46.9 cm³/mol. The van der Waals surface area contributed by atoms with Gasteiger partial charge in [-0.1, -0.05) is 6.42 Å². The Bertz CT molecular complexity index is 174. The molecule has 0 radical (unpaired) electrons. The number of carbonyl (C=O) groups is 1. The highest BCUT2D eigenvalue weighted by atomic mass is 16.2. The first-order chi connectivity index (χ1) is 5.79. The molecule has 1 aliphatic heterocycles. The van der Waals surface area contributed by atoms with Crippen molar-refractivity contribution >= 4 is 12.2 Å². The minimum atomic E-state index is -0.623. The van der Waals surface area contributed by atoms with Gasteiger partial charge in [0.15, 0.2) is 0 Å². The molecular weight excluding hydrogens is 156 g/mol. The van der Waals surface area contributed by atoms with E-state index in [1.807, 2.05) is 0 Å². The molecular formula is C7H14N4O. The number of urea groups is 1. The van der Waals surface area contributed by atoms with E-state index in [1.54, 1.807) is 6.21 Å². The number of primary amides is 1. The van der Waals surface area contributed by atoms with Crippen LogP contribution in [0.2, 0.25) is 0 Å². The first kappa shape index (κ1) is 8.99. The quantitative estimate of drug-likeness (QED) is 0.396. The molecule has 12 heavy (non-hydrogen) atoms. The van der Waals surface area contributed by atoms with Crippen LogP contribution in [0.1, 0.15) is 19.3 Å². The van der Waals surface area contributed by atoms with Crippen LogP contribution in [0.15, 0.2) is 5.10 Å². The Morgan fingerprint density at radius 2 is 2.50 bits per heavy atom. The second kappa shape index (κ2) is 4.71. The molecule has 0 saturated carbocycles. The third-order valence-electron chi connectivity index (χ3n) is 1.78. The maximum Gasteiger partial charge on any atom is 0.332 e. The van der Waals surface area contributed by atoms with Gasteiger partial charge in [-0.3, -0.25) is 0 Å². The SMILES string of the molecule is NC(=O)NN=CC1CCCCN1. The van der Waals surface area contributed by atoms with Crippen LogP contribution >= 0.6 is 0 Å². The molecule has 0 bridgehead atoms. The fourth-order valence-corrected chi connectivity index (χ4v) is 1.20. The lowest BCUT2D eigenvalue weighted by Gasteiger charge is -2.18. The summed E-state index contributed by atoms with van der Waals surface area (Å²) in [5.41, 5.74) is 6.98. The van der Waals surface area contributed by atoms with E-state index in [1.165, 1.54) is 12.8 Å². The van der Waals surface area contributed by atoms with E-state index in [9.17, 15) is 4.79 Å². The van der Waals surface area contributed by atoms with E-state index in [-0.39, 0.29) is 6.04 Å². The zero-order chi connectivity index (χ0) is 8.81. The van der Waals surface area contributed by atoms with Crippen molar-refractivity contribution in [3.05, 3.63) is 0 Å². The van der Waals surface area contributed by atoms with Gasteiger partial charge in [0.05, 0.1) is 0 Å². The van der Waals surface area contributed by atoms with E-state index >= 15 is 0 Å². The number of amides is 2. The molecule has 1 atom stereocenters. The van der Waals surface area contributed by atoms with Crippen LogP contribution in [0.25, 0.3) is 0 Å². The Morgan fingerprint density at radius 3 is 3.08 bits per heavy atom. The summed E-state index contributed by atoms with van der Waals surface area (Å²) < 4.78 is 0. The minimum absolute atomic E-state index is 0.283. The Balaban J connectivity index is 2.19. The predicted octanol–water partition coefficient (Wildman–Crippen LogP) is -0.217. The van der Waals surface area contributed by atoms with E-state index in [0.717, 1.165) is 13.0 Å². The third kappa shape index (κ3) is 3.34. The second-order valence-electron chi connectivity index (χ2n) is 2.81. The summed E-state index contributed by atoms with van der Waals surface area (Å²) in [6, 6.07) is -0.340. The molecule has 1 unspecified atom stereocenters. The van der Waals surface area contributed by atoms with Crippen LogP contribution in [0.5, 0.6) is 0 Å². The lowest BCUT2D eigenvalue weighted by Crippen LogP contribution is -2.36. The van der Waals surface area contributed by atoms with Crippen molar-refractivity contribution in [2.45, 2.75) is 25.3 Å². The highest BCUT2D eigenvalue weighted by molar-refractivity contribution is 5.73. The van der Waals surface area contributed by atoms with Crippen LogP contribution in [0.3, 0.4) is 0 Å². The largest absolute Gasteiger partial charge is 0.350 e. The molecule has 0 spiro atoms. The van der Waals surface area contributed by atoms with E-state index in [0.29, 0.717) is 0 Å². The molecule has 68 valence electrons. The van der Waals surface area contributed by atoms with Crippen molar-refractivity contribution in [1.29, 1.82) is 0 Å². The van der Waals surface area contributed by atoms with Crippen LogP contribution in [-0.4, -0.2) is 24.8 Å². The van der Waals surface area contributed by atoms with Crippen LogP contribution in [-0.2, 0) is 0 Å². The Hall–Kier alpha value is -1.10. The molecule has 1 aliphatic rings. The molecule has 1 saturated heterocycles. The number of carbonyl (C=O) groups excluding carboxylic acids is 1. The fourth-order valence-electron chi connectivity index (χ4n) is 1.20. The van der Waals surface area contributed by atoms with Gasteiger partial charge in [-0.2, -0.15) is 5.10 Å². The monoisotopic (exact) mass is 170 g/mol. The Kier molecular flexibility index (Phi) is 3.53. The van der Waals surface area contributed by atoms with Crippen LogP contribution in [0, 0.1) is 0 Å². The lowest BCUT2D eigenvalue weighted by atomic mass is 10.1. The van der Waals surface area contributed by atoms with Gasteiger partial charge in [0, 0.05) is 12.3 Å². The van der Waals surface area contributed by atoms with Gasteiger partial charge in [-0.15, -0.1) is 0 Å². The van der Waals surface area contributed by atoms with Crippen molar-refractivity contribution in [3.8, 4) is 0 Å². The smallest absolute Gasteiger partial charge is 0.332 e. The highest BCUT2D eigenvalue weighted by Gasteiger charge is 2.08. The number of hydrogen-bond acceptors (Lipinski definition) is 3. The molecule has 1 rings (SSSR count). The lowest BCUT2D eigenvalue weighted by molar-refractivity contribution is 0.249. The summed E-state index contributed by atoms with van der Waals surface area (Å²) in [6.07, 6.45) is 5.18. The van der Waals surface area contributed by atoms with E-state index in [2.05, 4.69) is 15.8 Å². The summed E-state index contributed by atoms with van der Waals surface area (Å²) in [5.74, 6) is 0. The van der Waals surface area contributed by atoms with Crippen molar-refractivity contribution in [2.24, 2.45) is 10.8 Å². The topological polar surface area (TPSA) is 79.5 Å². The highest BCUT2D eigenvalue weighted by Crippen LogP contribution is 2.04. The van der Waals surface area contributed by atoms with Gasteiger partial charge < -0.3 is 11.1 Å². The molecule has 2 amide bonds. The maximum absolute atomic E-state index is 10.2. The molecule has 0 aromatic carbocycles. The summed E-state index contributed by atoms with van der Waals surface area (Å²) in [4.78, 5) is 10.2. The minimum Gasteiger partial charge on any atom is -0.350 e. The average Bonchev–Trinajstić information content (AvgIpc) is 2.05. The van der Waals surface area contributed by atoms with Gasteiger partial charge in [0.2, 0.25) is 0 Å². The standard InChI is InChI=1S/C7H14N4O/c8-7(12)11-10-5-6-3-1-2-4-9-6/h5-6,9H,1-4H2,(H3,8,11,12). The van der Waals surface area contributed by atoms with Gasteiger partial charge in [0.25, 0.3) is 0 Å². The molecule has 1 fully saturated rings. The molecule has 5 heteroatoms. The van der Waals surface area contributed by atoms with Crippen LogP contribution in [0.4, 0.5) is 4.79 Å². The normalized spacial score (nSPS) is 24.2. The van der Waals surface area contributed by atoms with Gasteiger partial charge in [-0.25, -0.2) is 10.2 Å². The summed E-state index contributed by atoms with van der Waals surface area (Å²) in [7, 11) is 0. The van der Waals surface area contributed by atoms with Gasteiger partial charge in [-0.05, 0) is 19.4 Å². The zero-order valence-corrected chi connectivity index (χ0v) is 6.92. The van der Waals surface area contributed by atoms with Crippen molar-refractivity contribution in [3.63, 3.8) is 0 Å². The Labute approximate surface area is 71.4 Å². The summed E-state index contributed by atoms with van der Waals surface area (Å²) in [6.45, 7) is 1.02. The number of nitrogens with two attached hydrogens (primary N) is 1. The van der Waals surface area contributed by atoms with Crippen molar-refractivity contribution < 1.29 is 4.79 Å². The molecule has 0 aromatic heterocycles. The summed E-state index contributed by atoms with van der Waals surface area (Å²) in [5, 5.41) is 6.93. The maximum atomic E-state index is 10.2.